The SMILES string of the molecule is CC(C)Oc1ccc2c(=O)c(C=O)coc2c1.CCCCC(CC)c1cc(=O)c2c(O)cc(O)cc2o1.CCCCCC(CC)OC(=O)c1cc(=O)c2ccc(O)cc2o1.CCOC(=O)c1cc(=O)c2ccc(O)cc2o1.O=C(O)c1cc(=O)c2c(O)cc(O)cc2o1.O=C(O)c1cc(=O)c2ccc(O)cc2o1. The second-order valence-corrected chi connectivity index (χ2v) is 24.1. The Morgan fingerprint density at radius 2 is 0.889 bits per heavy atom. The third kappa shape index (κ3) is 21.6. The molecule has 6 heterocycles. The van der Waals surface area contributed by atoms with Gasteiger partial charge in [-0.1, -0.05) is 53.4 Å². The molecule has 9 N–H and O–H groups in total. The first-order chi connectivity index (χ1) is 51.4. The molecule has 2 unspecified atom stereocenters. The molecule has 2 atom stereocenters. The fourth-order valence-corrected chi connectivity index (χ4v) is 10.5. The summed E-state index contributed by atoms with van der Waals surface area (Å²) in [5, 5.41) is 84.2. The van der Waals surface area contributed by atoms with Gasteiger partial charge in [0.2, 0.25) is 28.5 Å². The van der Waals surface area contributed by atoms with Gasteiger partial charge in [-0.25, -0.2) is 19.2 Å². The van der Waals surface area contributed by atoms with E-state index in [1.54, 1.807) is 25.1 Å². The van der Waals surface area contributed by atoms with Gasteiger partial charge in [0.15, 0.2) is 33.4 Å². The molecule has 29 nitrogen and oxygen atoms in total. The van der Waals surface area contributed by atoms with E-state index in [9.17, 15) is 78.3 Å². The number of aromatic hydroxyl groups is 7. The maximum absolute atomic E-state index is 12.2. The van der Waals surface area contributed by atoms with Crippen molar-refractivity contribution < 1.29 is 111 Å². The molecule has 6 aromatic heterocycles. The molecule has 0 aliphatic heterocycles. The molecule has 0 bridgehead atoms. The second-order valence-electron chi connectivity index (χ2n) is 24.1. The Kier molecular flexibility index (Phi) is 28.6. The van der Waals surface area contributed by atoms with E-state index < -0.39 is 52.0 Å². The third-order valence-electron chi connectivity index (χ3n) is 15.8. The number of hydrogen-bond acceptors (Lipinski definition) is 27. The molecule has 0 radical (unpaired) electrons. The summed E-state index contributed by atoms with van der Waals surface area (Å²) < 4.78 is 47.0. The van der Waals surface area contributed by atoms with Gasteiger partial charge in [-0.3, -0.25) is 33.6 Å². The van der Waals surface area contributed by atoms with E-state index in [1.165, 1.54) is 66.7 Å². The van der Waals surface area contributed by atoms with Crippen LogP contribution in [0.15, 0.2) is 189 Å². The number of phenolic OH excluding ortho intramolecular Hbond substituents is 7. The first-order valence-electron chi connectivity index (χ1n) is 33.7. The number of carbonyl (C=O) groups excluding carboxylic acids is 3. The Bertz CT molecular complexity index is 5650. The number of aromatic carboxylic acids is 2. The van der Waals surface area contributed by atoms with E-state index in [0.29, 0.717) is 46.0 Å². The molecule has 566 valence electrons. The Hall–Kier alpha value is -13.5. The lowest BCUT2D eigenvalue weighted by Crippen LogP contribution is -2.18. The number of carboxylic acids is 2. The van der Waals surface area contributed by atoms with Crippen LogP contribution >= 0.6 is 0 Å². The van der Waals surface area contributed by atoms with Crippen LogP contribution < -0.4 is 37.3 Å². The predicted octanol–water partition coefficient (Wildman–Crippen LogP) is 14.1. The first-order valence-corrected chi connectivity index (χ1v) is 33.7. The van der Waals surface area contributed by atoms with Crippen LogP contribution in [0, 0.1) is 0 Å². The van der Waals surface area contributed by atoms with Gasteiger partial charge in [0.25, 0.3) is 0 Å². The van der Waals surface area contributed by atoms with Crippen molar-refractivity contribution in [1.29, 1.82) is 0 Å². The van der Waals surface area contributed by atoms with E-state index >= 15 is 0 Å². The average molecular weight is 1490 g/mol. The second kappa shape index (κ2) is 37.8. The van der Waals surface area contributed by atoms with E-state index in [0.717, 1.165) is 100 Å². The molecule has 29 heteroatoms. The maximum atomic E-state index is 12.2. The minimum Gasteiger partial charge on any atom is -0.508 e. The number of rotatable bonds is 19. The van der Waals surface area contributed by atoms with Gasteiger partial charge in [0.1, 0.15) is 108 Å². The summed E-state index contributed by atoms with van der Waals surface area (Å²) in [7, 11) is 0. The predicted molar refractivity (Wildman–Crippen MR) is 394 cm³/mol. The van der Waals surface area contributed by atoms with Gasteiger partial charge in [-0.15, -0.1) is 0 Å². The zero-order valence-electron chi connectivity index (χ0n) is 59.3. The van der Waals surface area contributed by atoms with Crippen LogP contribution in [0.2, 0.25) is 0 Å². The molecular weight excluding hydrogens is 1410 g/mol. The topological polar surface area (TPSA) is 476 Å². The summed E-state index contributed by atoms with van der Waals surface area (Å²) in [4.78, 5) is 126. The van der Waals surface area contributed by atoms with Crippen molar-refractivity contribution in [1.82, 2.24) is 0 Å². The summed E-state index contributed by atoms with van der Waals surface area (Å²) >= 11 is 0. The van der Waals surface area contributed by atoms with Crippen molar-refractivity contribution in [2.24, 2.45) is 0 Å². The van der Waals surface area contributed by atoms with Crippen LogP contribution in [0.4, 0.5) is 0 Å². The van der Waals surface area contributed by atoms with Gasteiger partial charge in [0.05, 0.1) is 39.8 Å². The van der Waals surface area contributed by atoms with Crippen molar-refractivity contribution in [2.75, 3.05) is 6.61 Å². The van der Waals surface area contributed by atoms with Crippen molar-refractivity contribution in [3.05, 3.63) is 229 Å². The quantitative estimate of drug-likeness (QED) is 0.0206. The highest BCUT2D eigenvalue weighted by atomic mass is 16.6. The highest BCUT2D eigenvalue weighted by Gasteiger charge is 2.22. The molecule has 0 amide bonds. The van der Waals surface area contributed by atoms with Crippen LogP contribution in [-0.4, -0.2) is 94.9 Å². The molecule has 108 heavy (non-hydrogen) atoms. The van der Waals surface area contributed by atoms with Gasteiger partial charge < -0.3 is 86.7 Å². The maximum Gasteiger partial charge on any atom is 0.374 e. The van der Waals surface area contributed by atoms with Crippen LogP contribution in [-0.2, 0) is 9.47 Å². The zero-order chi connectivity index (χ0) is 79.2. The number of aldehydes is 1. The molecule has 0 aliphatic rings. The highest BCUT2D eigenvalue weighted by Crippen LogP contribution is 2.33. The molecule has 6 aromatic carbocycles. The fraction of sp³-hybridized carbons (Fsp3) is 0.253. The summed E-state index contributed by atoms with van der Waals surface area (Å²) in [5.74, 6) is -5.22. The zero-order valence-corrected chi connectivity index (χ0v) is 59.3. The number of phenols is 7. The van der Waals surface area contributed by atoms with Crippen LogP contribution in [0.1, 0.15) is 171 Å². The minimum absolute atomic E-state index is 0.0232. The molecule has 0 saturated carbocycles. The van der Waals surface area contributed by atoms with Gasteiger partial charge in [-0.05, 0) is 101 Å². The van der Waals surface area contributed by atoms with Crippen molar-refractivity contribution in [3.8, 4) is 46.0 Å². The van der Waals surface area contributed by atoms with Gasteiger partial charge >= 0.3 is 23.9 Å². The standard InChI is InChI=1S/C18H22O5.C16H20O4.C13H12O4.C12H10O5.C10H6O6.C10H6O5/c1-3-5-6-7-13(4-2)22-18(21)17-11-15(20)14-9-8-12(19)10-16(14)23-17;1-3-5-6-10(4-2)14-9-13(19)16-12(18)7-11(17)8-15(16)20-14;1-8(2)17-10-3-4-11-12(5-10)16-7-9(6-14)13(11)15;1-2-16-12(15)11-6-9(14)8-4-3-7(13)5-10(8)17-11;11-4-1-5(12)9-6(13)3-8(10(14)15)16-7(9)2-4;11-5-1-2-6-7(12)4-9(10(13)14)15-8(6)3-5/h8-11,13,19H,3-7H2,1-2H3;7-10,17-18H,3-6H2,1-2H3;3-8H,1-2H3;3-6,13H,2H2,1H3;1-3,11-12H,(H,14,15);1-4,11H,(H,13,14). The Morgan fingerprint density at radius 1 is 0.444 bits per heavy atom. The third-order valence-corrected chi connectivity index (χ3v) is 15.8. The molecular formula is C79H76O29. The van der Waals surface area contributed by atoms with Crippen molar-refractivity contribution >= 4 is 96.0 Å². The number of carboxylic acid groups (broad SMARTS) is 2. The van der Waals surface area contributed by atoms with E-state index in [1.807, 2.05) is 20.8 Å². The smallest absolute Gasteiger partial charge is 0.374 e. The number of hydrogen-bond donors (Lipinski definition) is 9. The van der Waals surface area contributed by atoms with Gasteiger partial charge in [-0.2, -0.15) is 0 Å². The van der Waals surface area contributed by atoms with Crippen LogP contribution in [0.3, 0.4) is 0 Å². The Morgan fingerprint density at radius 3 is 1.35 bits per heavy atom. The summed E-state index contributed by atoms with van der Waals surface area (Å²) in [6.07, 6.45) is 10.3. The number of fused-ring (bicyclic) bond motifs is 6. The number of benzene rings is 6. The molecule has 0 spiro atoms. The van der Waals surface area contributed by atoms with Crippen LogP contribution in [0.5, 0.6) is 46.0 Å². The van der Waals surface area contributed by atoms with Crippen molar-refractivity contribution in [2.45, 2.75) is 124 Å². The number of ether oxygens (including phenoxy) is 3. The lowest BCUT2D eigenvalue weighted by molar-refractivity contribution is 0.0231. The first kappa shape index (κ1) is 81.8. The number of carbonyl (C=O) groups is 5. The lowest BCUT2D eigenvalue weighted by atomic mass is 9.96. The van der Waals surface area contributed by atoms with E-state index in [2.05, 4.69) is 20.8 Å². The summed E-state index contributed by atoms with van der Waals surface area (Å²) in [6.45, 7) is 13.9. The molecule has 0 aliphatic carbocycles. The number of esters is 2. The largest absolute Gasteiger partial charge is 0.508 e. The highest BCUT2D eigenvalue weighted by molar-refractivity contribution is 5.93. The van der Waals surface area contributed by atoms with E-state index in [4.69, 9.17) is 61.1 Å². The normalized spacial score (nSPS) is 11.3. The van der Waals surface area contributed by atoms with Crippen molar-refractivity contribution in [3.63, 3.8) is 0 Å². The number of unbranched alkanes of at least 4 members (excludes halogenated alkanes) is 3. The van der Waals surface area contributed by atoms with Crippen LogP contribution in [0.25, 0.3) is 65.8 Å². The summed E-state index contributed by atoms with van der Waals surface area (Å²) in [5.41, 5.74) is -1.54. The summed E-state index contributed by atoms with van der Waals surface area (Å²) in [6, 6.07) is 27.0. The monoisotopic (exact) mass is 1490 g/mol. The minimum atomic E-state index is -1.40. The van der Waals surface area contributed by atoms with E-state index in [-0.39, 0.29) is 142 Å². The molecule has 0 saturated heterocycles. The average Bonchev–Trinajstić information content (AvgIpc) is 0.813. The molecule has 12 rings (SSSR count). The Balaban J connectivity index is 0.000000181. The molecule has 12 aromatic rings. The molecule has 0 fully saturated rings. The van der Waals surface area contributed by atoms with Gasteiger partial charge in [0, 0.05) is 84.8 Å². The fourth-order valence-electron chi connectivity index (χ4n) is 10.5. The lowest BCUT2D eigenvalue weighted by Gasteiger charge is -2.15. The Labute approximate surface area is 610 Å².